The highest BCUT2D eigenvalue weighted by Gasteiger charge is 2.14. The average molecular weight is 344 g/mol. The van der Waals surface area contributed by atoms with E-state index in [1.807, 2.05) is 54.6 Å². The zero-order valence-electron chi connectivity index (χ0n) is 11.5. The van der Waals surface area contributed by atoms with Crippen molar-refractivity contribution in [3.05, 3.63) is 70.4 Å². The number of amides is 1. The van der Waals surface area contributed by atoms with Gasteiger partial charge >= 0.3 is 0 Å². The first-order chi connectivity index (χ1) is 10.1. The summed E-state index contributed by atoms with van der Waals surface area (Å²) < 4.78 is 6.64. The molecule has 3 rings (SSSR count). The van der Waals surface area contributed by atoms with E-state index in [9.17, 15) is 4.79 Å². The molecule has 0 fully saturated rings. The van der Waals surface area contributed by atoms with Crippen LogP contribution < -0.4 is 0 Å². The van der Waals surface area contributed by atoms with E-state index in [0.29, 0.717) is 12.1 Å². The minimum Gasteiger partial charge on any atom is -0.459 e. The van der Waals surface area contributed by atoms with Crippen molar-refractivity contribution in [3.63, 3.8) is 0 Å². The number of hydrogen-bond donors (Lipinski definition) is 0. The summed E-state index contributed by atoms with van der Waals surface area (Å²) in [5.41, 5.74) is 1.50. The molecule has 0 bridgehead atoms. The van der Waals surface area contributed by atoms with Gasteiger partial charge in [-0.25, -0.2) is 0 Å². The first kappa shape index (κ1) is 13.9. The fourth-order valence-electron chi connectivity index (χ4n) is 2.26. The Kier molecular flexibility index (Phi) is 3.80. The van der Waals surface area contributed by atoms with Crippen LogP contribution in [0.3, 0.4) is 0 Å². The van der Waals surface area contributed by atoms with Gasteiger partial charge in [-0.2, -0.15) is 0 Å². The Morgan fingerprint density at radius 3 is 2.71 bits per heavy atom. The summed E-state index contributed by atoms with van der Waals surface area (Å²) in [4.78, 5) is 14.0. The smallest absolute Gasteiger partial charge is 0.254 e. The summed E-state index contributed by atoms with van der Waals surface area (Å²) in [6.45, 7) is 0.444. The normalized spacial score (nSPS) is 10.8. The lowest BCUT2D eigenvalue weighted by atomic mass is 10.2. The van der Waals surface area contributed by atoms with Crippen LogP contribution in [0, 0.1) is 0 Å². The van der Waals surface area contributed by atoms with Gasteiger partial charge in [0.1, 0.15) is 11.3 Å². The molecule has 0 saturated heterocycles. The molecule has 0 radical (unpaired) electrons. The molecule has 0 unspecified atom stereocenters. The van der Waals surface area contributed by atoms with E-state index in [-0.39, 0.29) is 5.91 Å². The van der Waals surface area contributed by atoms with Gasteiger partial charge < -0.3 is 9.32 Å². The second-order valence-electron chi connectivity index (χ2n) is 4.92. The number of furan rings is 1. The van der Waals surface area contributed by atoms with Crippen LogP contribution in [0.1, 0.15) is 16.1 Å². The van der Waals surface area contributed by atoms with Gasteiger partial charge in [0.15, 0.2) is 0 Å². The summed E-state index contributed by atoms with van der Waals surface area (Å²) in [6, 6.07) is 17.2. The van der Waals surface area contributed by atoms with Gasteiger partial charge in [0.05, 0.1) is 6.54 Å². The SMILES string of the molecule is CN(Cc1cc2ccccc2o1)C(=O)c1cccc(Br)c1. The molecule has 106 valence electrons. The minimum atomic E-state index is -0.0308. The summed E-state index contributed by atoms with van der Waals surface area (Å²) in [5.74, 6) is 0.749. The highest BCUT2D eigenvalue weighted by atomic mass is 79.9. The van der Waals surface area contributed by atoms with Crippen LogP contribution in [0.5, 0.6) is 0 Å². The lowest BCUT2D eigenvalue weighted by Gasteiger charge is -2.15. The van der Waals surface area contributed by atoms with Gasteiger partial charge in [-0.05, 0) is 30.3 Å². The third-order valence-electron chi connectivity index (χ3n) is 3.29. The zero-order chi connectivity index (χ0) is 14.8. The highest BCUT2D eigenvalue weighted by molar-refractivity contribution is 9.10. The van der Waals surface area contributed by atoms with Crippen molar-refractivity contribution in [2.24, 2.45) is 0 Å². The quantitative estimate of drug-likeness (QED) is 0.703. The van der Waals surface area contributed by atoms with E-state index in [4.69, 9.17) is 4.42 Å². The van der Waals surface area contributed by atoms with Crippen molar-refractivity contribution in [3.8, 4) is 0 Å². The number of benzene rings is 2. The van der Waals surface area contributed by atoms with E-state index in [1.54, 1.807) is 11.9 Å². The average Bonchev–Trinajstić information content (AvgIpc) is 2.88. The summed E-state index contributed by atoms with van der Waals surface area (Å²) >= 11 is 3.38. The van der Waals surface area contributed by atoms with Gasteiger partial charge in [-0.3, -0.25) is 4.79 Å². The second kappa shape index (κ2) is 5.74. The molecule has 0 saturated carbocycles. The van der Waals surface area contributed by atoms with Crippen LogP contribution in [0.4, 0.5) is 0 Å². The Labute approximate surface area is 131 Å². The number of para-hydroxylation sites is 1. The molecule has 3 nitrogen and oxygen atoms in total. The largest absolute Gasteiger partial charge is 0.459 e. The summed E-state index contributed by atoms with van der Waals surface area (Å²) in [5, 5.41) is 1.05. The van der Waals surface area contributed by atoms with Crippen molar-refractivity contribution in [2.75, 3.05) is 7.05 Å². The van der Waals surface area contributed by atoms with Crippen molar-refractivity contribution in [1.29, 1.82) is 0 Å². The van der Waals surface area contributed by atoms with Gasteiger partial charge in [0.25, 0.3) is 5.91 Å². The number of carbonyl (C=O) groups excluding carboxylic acids is 1. The van der Waals surface area contributed by atoms with Crippen LogP contribution in [-0.2, 0) is 6.54 Å². The minimum absolute atomic E-state index is 0.0308. The predicted octanol–water partition coefficient (Wildman–Crippen LogP) is 4.47. The van der Waals surface area contributed by atoms with Crippen LogP contribution in [0.25, 0.3) is 11.0 Å². The van der Waals surface area contributed by atoms with Gasteiger partial charge in [-0.15, -0.1) is 0 Å². The van der Waals surface area contributed by atoms with Gasteiger partial charge in [0.2, 0.25) is 0 Å². The Bertz CT molecular complexity index is 761. The lowest BCUT2D eigenvalue weighted by molar-refractivity contribution is 0.0776. The third kappa shape index (κ3) is 3.00. The molecule has 1 heterocycles. The maximum absolute atomic E-state index is 12.4. The lowest BCUT2D eigenvalue weighted by Crippen LogP contribution is -2.25. The standard InChI is InChI=1S/C17H14BrNO2/c1-19(17(20)13-6-4-7-14(18)9-13)11-15-10-12-5-2-3-8-16(12)21-15/h2-10H,11H2,1H3. The molecule has 2 aromatic carbocycles. The molecule has 0 aliphatic carbocycles. The molecule has 0 atom stereocenters. The molecule has 3 aromatic rings. The van der Waals surface area contributed by atoms with Crippen molar-refractivity contribution in [1.82, 2.24) is 4.90 Å². The van der Waals surface area contributed by atoms with Crippen LogP contribution in [0.15, 0.2) is 63.5 Å². The van der Waals surface area contributed by atoms with Gasteiger partial charge in [-0.1, -0.05) is 40.2 Å². The van der Waals surface area contributed by atoms with Gasteiger partial charge in [0, 0.05) is 22.5 Å². The molecular formula is C17H14BrNO2. The van der Waals surface area contributed by atoms with Crippen molar-refractivity contribution < 1.29 is 9.21 Å². The van der Waals surface area contributed by atoms with Crippen molar-refractivity contribution >= 4 is 32.8 Å². The van der Waals surface area contributed by atoms with E-state index >= 15 is 0 Å². The van der Waals surface area contributed by atoms with Crippen LogP contribution >= 0.6 is 15.9 Å². The van der Waals surface area contributed by atoms with E-state index in [1.165, 1.54) is 0 Å². The summed E-state index contributed by atoms with van der Waals surface area (Å²) in [6.07, 6.45) is 0. The predicted molar refractivity (Wildman–Crippen MR) is 86.2 cm³/mol. The first-order valence-electron chi connectivity index (χ1n) is 6.62. The molecule has 0 N–H and O–H groups in total. The topological polar surface area (TPSA) is 33.5 Å². The van der Waals surface area contributed by atoms with E-state index < -0.39 is 0 Å². The molecule has 0 aliphatic heterocycles. The third-order valence-corrected chi connectivity index (χ3v) is 3.78. The Balaban J connectivity index is 1.79. The van der Waals surface area contributed by atoms with E-state index in [2.05, 4.69) is 15.9 Å². The number of carbonyl (C=O) groups is 1. The molecule has 0 spiro atoms. The Morgan fingerprint density at radius 2 is 1.95 bits per heavy atom. The molecular weight excluding hydrogens is 330 g/mol. The molecule has 21 heavy (non-hydrogen) atoms. The number of fused-ring (bicyclic) bond motifs is 1. The summed E-state index contributed by atoms with van der Waals surface area (Å²) in [7, 11) is 1.77. The van der Waals surface area contributed by atoms with Crippen LogP contribution in [0.2, 0.25) is 0 Å². The first-order valence-corrected chi connectivity index (χ1v) is 7.41. The zero-order valence-corrected chi connectivity index (χ0v) is 13.1. The fourth-order valence-corrected chi connectivity index (χ4v) is 2.66. The maximum Gasteiger partial charge on any atom is 0.254 e. The van der Waals surface area contributed by atoms with Crippen LogP contribution in [-0.4, -0.2) is 17.9 Å². The monoisotopic (exact) mass is 343 g/mol. The maximum atomic E-state index is 12.4. The van der Waals surface area contributed by atoms with E-state index in [0.717, 1.165) is 21.2 Å². The molecule has 1 aromatic heterocycles. The number of rotatable bonds is 3. The van der Waals surface area contributed by atoms with Crippen molar-refractivity contribution in [2.45, 2.75) is 6.54 Å². The Hall–Kier alpha value is -2.07. The number of nitrogens with zero attached hydrogens (tertiary/aromatic N) is 1. The molecule has 4 heteroatoms. The molecule has 0 aliphatic rings. The fraction of sp³-hybridized carbons (Fsp3) is 0.118. The number of hydrogen-bond acceptors (Lipinski definition) is 2. The second-order valence-corrected chi connectivity index (χ2v) is 5.84. The number of halogens is 1. The Morgan fingerprint density at radius 1 is 1.14 bits per heavy atom. The highest BCUT2D eigenvalue weighted by Crippen LogP contribution is 2.20. The molecule has 1 amide bonds.